The first-order chi connectivity index (χ1) is 14.1. The molecule has 1 aromatic heterocycles. The van der Waals surface area contributed by atoms with Crippen molar-refractivity contribution in [3.8, 4) is 0 Å². The highest BCUT2D eigenvalue weighted by Gasteiger charge is 2.09. The first kappa shape index (κ1) is 23.9. The Morgan fingerprint density at radius 2 is 1.73 bits per heavy atom. The molecule has 2 aromatic rings. The van der Waals surface area contributed by atoms with Crippen molar-refractivity contribution < 1.29 is 8.42 Å². The summed E-state index contributed by atoms with van der Waals surface area (Å²) < 4.78 is 28.0. The molecule has 0 aliphatic carbocycles. The van der Waals surface area contributed by atoms with E-state index in [-0.39, 0.29) is 11.2 Å². The van der Waals surface area contributed by atoms with Gasteiger partial charge in [0.25, 0.3) is 5.56 Å². The van der Waals surface area contributed by atoms with Crippen LogP contribution in [0, 0.1) is 0 Å². The summed E-state index contributed by atoms with van der Waals surface area (Å²) in [5.74, 6) is 0. The highest BCUT2D eigenvalue weighted by atomic mass is 32.2. The van der Waals surface area contributed by atoms with E-state index in [4.69, 9.17) is 0 Å². The first-order valence-corrected chi connectivity index (χ1v) is 12.0. The maximum absolute atomic E-state index is 12.1. The molecule has 2 rings (SSSR count). The summed E-state index contributed by atoms with van der Waals surface area (Å²) in [7, 11) is -0.116. The van der Waals surface area contributed by atoms with Gasteiger partial charge in [0.1, 0.15) is 0 Å². The predicted molar refractivity (Wildman–Crippen MR) is 121 cm³/mol. The zero-order chi connectivity index (χ0) is 22.3. The molecule has 0 radical (unpaired) electrons. The topological polar surface area (TPSA) is 93.4 Å². The van der Waals surface area contributed by atoms with Crippen molar-refractivity contribution in [1.82, 2.24) is 14.0 Å². The van der Waals surface area contributed by atoms with E-state index in [1.807, 2.05) is 18.2 Å². The lowest BCUT2D eigenvalue weighted by atomic mass is 10.1. The molecule has 0 saturated carbocycles. The summed E-state index contributed by atoms with van der Waals surface area (Å²) in [5.41, 5.74) is 1.81. The summed E-state index contributed by atoms with van der Waals surface area (Å²) in [6.07, 6.45) is 4.48. The minimum Gasteiger partial charge on any atom is -0.303 e. The van der Waals surface area contributed by atoms with Crippen molar-refractivity contribution in [2.45, 2.75) is 32.6 Å². The Balaban J connectivity index is 1.95. The number of nitrogens with one attached hydrogen (secondary N) is 1. The third-order valence-corrected chi connectivity index (χ3v) is 5.63. The van der Waals surface area contributed by atoms with Gasteiger partial charge in [0.2, 0.25) is 10.0 Å². The van der Waals surface area contributed by atoms with Crippen LogP contribution >= 0.6 is 0 Å². The second-order valence-corrected chi connectivity index (χ2v) is 9.39. The SMILES string of the molecule is CCCN(CCCc1cc(=O)n(C)c(=O)n1C)CCc1cccc(NS(C)(=O)=O)c1. The van der Waals surface area contributed by atoms with E-state index in [0.29, 0.717) is 12.1 Å². The monoisotopic (exact) mass is 436 g/mol. The second kappa shape index (κ2) is 10.6. The standard InChI is InChI=1S/C21H32N4O4S/c1-5-12-25(13-7-10-19-16-20(26)24(3)21(27)23(19)2)14-11-17-8-6-9-18(15-17)22-30(4,28)29/h6,8-9,15-16,22H,5,7,10-14H2,1-4H3. The minimum absolute atomic E-state index is 0.277. The van der Waals surface area contributed by atoms with Crippen LogP contribution in [0.5, 0.6) is 0 Å². The van der Waals surface area contributed by atoms with Gasteiger partial charge in [-0.25, -0.2) is 13.2 Å². The van der Waals surface area contributed by atoms with E-state index in [0.717, 1.165) is 61.0 Å². The van der Waals surface area contributed by atoms with E-state index in [1.165, 1.54) is 17.7 Å². The summed E-state index contributed by atoms with van der Waals surface area (Å²) in [6, 6.07) is 8.98. The van der Waals surface area contributed by atoms with Gasteiger partial charge in [-0.05, 0) is 56.5 Å². The Morgan fingerprint density at radius 3 is 2.40 bits per heavy atom. The lowest BCUT2D eigenvalue weighted by Crippen LogP contribution is -2.38. The number of nitrogens with zero attached hydrogens (tertiary/aromatic N) is 3. The van der Waals surface area contributed by atoms with Crippen LogP contribution in [0.1, 0.15) is 31.0 Å². The van der Waals surface area contributed by atoms with Crippen LogP contribution in [0.3, 0.4) is 0 Å². The van der Waals surface area contributed by atoms with E-state index in [9.17, 15) is 18.0 Å². The Morgan fingerprint density at radius 1 is 1.00 bits per heavy atom. The van der Waals surface area contributed by atoms with Crippen LogP contribution in [0.2, 0.25) is 0 Å². The van der Waals surface area contributed by atoms with Crippen LogP contribution in [0.25, 0.3) is 0 Å². The number of aromatic nitrogens is 2. The number of hydrogen-bond acceptors (Lipinski definition) is 5. The summed E-state index contributed by atoms with van der Waals surface area (Å²) in [5, 5.41) is 0. The van der Waals surface area contributed by atoms with Gasteiger partial charge in [0.05, 0.1) is 6.26 Å². The summed E-state index contributed by atoms with van der Waals surface area (Å²) in [4.78, 5) is 26.3. The molecule has 1 heterocycles. The lowest BCUT2D eigenvalue weighted by molar-refractivity contribution is 0.273. The second-order valence-electron chi connectivity index (χ2n) is 7.64. The predicted octanol–water partition coefficient (Wildman–Crippen LogP) is 1.34. The maximum Gasteiger partial charge on any atom is 0.330 e. The number of benzene rings is 1. The molecule has 0 bridgehead atoms. The van der Waals surface area contributed by atoms with Crippen LogP contribution < -0.4 is 16.0 Å². The van der Waals surface area contributed by atoms with Crippen molar-refractivity contribution in [2.75, 3.05) is 30.6 Å². The maximum atomic E-state index is 12.1. The number of rotatable bonds is 11. The molecular weight excluding hydrogens is 404 g/mol. The largest absolute Gasteiger partial charge is 0.330 e. The molecule has 1 aromatic carbocycles. The van der Waals surface area contributed by atoms with E-state index in [2.05, 4.69) is 16.5 Å². The number of anilines is 1. The molecule has 0 unspecified atom stereocenters. The van der Waals surface area contributed by atoms with Gasteiger partial charge < -0.3 is 9.47 Å². The normalized spacial score (nSPS) is 11.8. The molecule has 8 nitrogen and oxygen atoms in total. The molecule has 0 atom stereocenters. The van der Waals surface area contributed by atoms with Crippen molar-refractivity contribution >= 4 is 15.7 Å². The van der Waals surface area contributed by atoms with Crippen molar-refractivity contribution in [3.63, 3.8) is 0 Å². The smallest absolute Gasteiger partial charge is 0.303 e. The third kappa shape index (κ3) is 7.14. The molecule has 166 valence electrons. The van der Waals surface area contributed by atoms with Crippen molar-refractivity contribution in [2.24, 2.45) is 14.1 Å². The molecule has 0 fully saturated rings. The molecule has 9 heteroatoms. The number of hydrogen-bond donors (Lipinski definition) is 1. The summed E-state index contributed by atoms with van der Waals surface area (Å²) >= 11 is 0. The molecule has 1 N–H and O–H groups in total. The molecule has 0 spiro atoms. The van der Waals surface area contributed by atoms with Gasteiger partial charge in [-0.1, -0.05) is 19.1 Å². The molecular formula is C21H32N4O4S. The summed E-state index contributed by atoms with van der Waals surface area (Å²) in [6.45, 7) is 4.80. The van der Waals surface area contributed by atoms with E-state index < -0.39 is 10.0 Å². The number of aryl methyl sites for hydroxylation is 1. The fourth-order valence-electron chi connectivity index (χ4n) is 3.45. The third-order valence-electron chi connectivity index (χ3n) is 5.02. The molecule has 0 aliphatic heterocycles. The zero-order valence-corrected chi connectivity index (χ0v) is 19.0. The average molecular weight is 437 g/mol. The Hall–Kier alpha value is -2.39. The van der Waals surface area contributed by atoms with E-state index >= 15 is 0 Å². The average Bonchev–Trinajstić information content (AvgIpc) is 2.67. The van der Waals surface area contributed by atoms with Gasteiger partial charge in [0.15, 0.2) is 0 Å². The van der Waals surface area contributed by atoms with Gasteiger partial charge in [0, 0.05) is 38.1 Å². The lowest BCUT2D eigenvalue weighted by Gasteiger charge is -2.22. The van der Waals surface area contributed by atoms with Crippen LogP contribution in [0.15, 0.2) is 39.9 Å². The van der Waals surface area contributed by atoms with Crippen molar-refractivity contribution in [3.05, 3.63) is 62.4 Å². The van der Waals surface area contributed by atoms with E-state index in [1.54, 1.807) is 13.1 Å². The van der Waals surface area contributed by atoms with Crippen LogP contribution in [-0.2, 0) is 37.0 Å². The molecule has 0 saturated heterocycles. The van der Waals surface area contributed by atoms with Crippen molar-refractivity contribution in [1.29, 1.82) is 0 Å². The van der Waals surface area contributed by atoms with Gasteiger partial charge in [-0.3, -0.25) is 14.1 Å². The quantitative estimate of drug-likeness (QED) is 0.574. The molecule has 30 heavy (non-hydrogen) atoms. The Labute approximate surface area is 178 Å². The fourth-order valence-corrected chi connectivity index (χ4v) is 4.00. The van der Waals surface area contributed by atoms with Crippen LogP contribution in [-0.4, -0.2) is 48.3 Å². The molecule has 0 amide bonds. The number of sulfonamides is 1. The Kier molecular flexibility index (Phi) is 8.43. The minimum atomic E-state index is -3.29. The first-order valence-electron chi connectivity index (χ1n) is 10.2. The molecule has 0 aliphatic rings. The van der Waals surface area contributed by atoms with Gasteiger partial charge in [-0.2, -0.15) is 0 Å². The van der Waals surface area contributed by atoms with Gasteiger partial charge >= 0.3 is 5.69 Å². The van der Waals surface area contributed by atoms with Gasteiger partial charge in [-0.15, -0.1) is 0 Å². The highest BCUT2D eigenvalue weighted by Crippen LogP contribution is 2.13. The fraction of sp³-hybridized carbons (Fsp3) is 0.524. The zero-order valence-electron chi connectivity index (χ0n) is 18.2. The highest BCUT2D eigenvalue weighted by molar-refractivity contribution is 7.92. The van der Waals surface area contributed by atoms with Crippen LogP contribution in [0.4, 0.5) is 5.69 Å². The Bertz CT molecular complexity index is 1070.